The van der Waals surface area contributed by atoms with E-state index >= 15 is 0 Å². The van der Waals surface area contributed by atoms with Crippen LogP contribution in [-0.2, 0) is 9.59 Å². The highest BCUT2D eigenvalue weighted by Gasteiger charge is 2.59. The van der Waals surface area contributed by atoms with Crippen LogP contribution >= 0.6 is 23.2 Å². The van der Waals surface area contributed by atoms with E-state index < -0.39 is 12.1 Å². The predicted octanol–water partition coefficient (Wildman–Crippen LogP) is 3.47. The summed E-state index contributed by atoms with van der Waals surface area (Å²) < 4.78 is 5.67. The zero-order valence-electron chi connectivity index (χ0n) is 13.3. The molecule has 0 aromatic heterocycles. The zero-order valence-corrected chi connectivity index (χ0v) is 14.8. The average Bonchev–Trinajstić information content (AvgIpc) is 3.26. The minimum absolute atomic E-state index is 0.0943. The fraction of sp³-hybridized carbons (Fsp3) is 0.529. The van der Waals surface area contributed by atoms with Gasteiger partial charge in [0.05, 0.1) is 10.9 Å². The van der Waals surface area contributed by atoms with Gasteiger partial charge in [0.2, 0.25) is 0 Å². The Hall–Kier alpha value is -1.46. The van der Waals surface area contributed by atoms with Gasteiger partial charge in [-0.15, -0.1) is 0 Å². The molecule has 1 N–H and O–H groups in total. The Morgan fingerprint density at radius 2 is 2.00 bits per heavy atom. The van der Waals surface area contributed by atoms with E-state index in [4.69, 9.17) is 33.0 Å². The summed E-state index contributed by atoms with van der Waals surface area (Å²) >= 11 is 12.0. The third kappa shape index (κ3) is 3.20. The molecule has 1 saturated carbocycles. The number of carboxylic acids is 1. The summed E-state index contributed by atoms with van der Waals surface area (Å²) in [5, 5.41) is 9.79. The lowest BCUT2D eigenvalue weighted by molar-refractivity contribution is -0.141. The van der Waals surface area contributed by atoms with E-state index in [0.29, 0.717) is 28.9 Å². The molecule has 2 fully saturated rings. The topological polar surface area (TPSA) is 66.8 Å². The highest BCUT2D eigenvalue weighted by Crippen LogP contribution is 2.59. The van der Waals surface area contributed by atoms with E-state index in [1.165, 1.54) is 0 Å². The Kier molecular flexibility index (Phi) is 4.67. The monoisotopic (exact) mass is 371 g/mol. The number of hydrogen-bond acceptors (Lipinski definition) is 3. The van der Waals surface area contributed by atoms with Crippen molar-refractivity contribution in [2.45, 2.75) is 32.3 Å². The van der Waals surface area contributed by atoms with Crippen molar-refractivity contribution in [2.75, 3.05) is 13.1 Å². The first-order valence-electron chi connectivity index (χ1n) is 7.96. The first-order valence-corrected chi connectivity index (χ1v) is 8.72. The van der Waals surface area contributed by atoms with Crippen LogP contribution < -0.4 is 4.74 Å². The molecule has 1 amide bonds. The number of piperidine rings is 1. The van der Waals surface area contributed by atoms with Gasteiger partial charge in [0.25, 0.3) is 5.91 Å². The van der Waals surface area contributed by atoms with Crippen LogP contribution in [0.25, 0.3) is 0 Å². The fourth-order valence-electron chi connectivity index (χ4n) is 3.49. The van der Waals surface area contributed by atoms with Crippen molar-refractivity contribution in [1.29, 1.82) is 0 Å². The second-order valence-corrected chi connectivity index (χ2v) is 7.38. The average molecular weight is 372 g/mol. The van der Waals surface area contributed by atoms with Gasteiger partial charge >= 0.3 is 5.97 Å². The van der Waals surface area contributed by atoms with E-state index in [-0.39, 0.29) is 17.2 Å². The number of carboxylic acid groups (broad SMARTS) is 1. The zero-order chi connectivity index (χ0) is 17.5. The Labute approximate surface area is 150 Å². The number of amides is 1. The van der Waals surface area contributed by atoms with Gasteiger partial charge < -0.3 is 14.7 Å². The number of nitrogens with zero attached hydrogens (tertiary/aromatic N) is 1. The largest absolute Gasteiger partial charge is 0.481 e. The number of ether oxygens (including phenoxy) is 1. The Morgan fingerprint density at radius 1 is 1.33 bits per heavy atom. The molecule has 130 valence electrons. The summed E-state index contributed by atoms with van der Waals surface area (Å²) in [5.74, 6) is -0.698. The van der Waals surface area contributed by atoms with Crippen LogP contribution in [0.15, 0.2) is 18.2 Å². The van der Waals surface area contributed by atoms with Gasteiger partial charge in [0.15, 0.2) is 6.10 Å². The molecule has 5 nitrogen and oxygen atoms in total. The lowest BCUT2D eigenvalue weighted by Crippen LogP contribution is -2.45. The lowest BCUT2D eigenvalue weighted by Gasteiger charge is -2.34. The Balaban J connectivity index is 1.57. The van der Waals surface area contributed by atoms with Gasteiger partial charge in [-0.1, -0.05) is 29.3 Å². The van der Waals surface area contributed by atoms with Gasteiger partial charge in [-0.25, -0.2) is 0 Å². The first kappa shape index (κ1) is 17.4. The second kappa shape index (κ2) is 6.45. The number of aliphatic carboxylic acids is 1. The molecule has 1 aliphatic heterocycles. The van der Waals surface area contributed by atoms with E-state index in [1.807, 2.05) is 0 Å². The predicted molar refractivity (Wildman–Crippen MR) is 90.5 cm³/mol. The second-order valence-electron chi connectivity index (χ2n) is 6.59. The first-order chi connectivity index (χ1) is 11.3. The summed E-state index contributed by atoms with van der Waals surface area (Å²) in [5.41, 5.74) is -0.0943. The summed E-state index contributed by atoms with van der Waals surface area (Å²) in [6.07, 6.45) is 1.53. The lowest BCUT2D eigenvalue weighted by atomic mass is 9.90. The van der Waals surface area contributed by atoms with E-state index in [9.17, 15) is 9.59 Å². The molecular weight excluding hydrogens is 353 g/mol. The minimum atomic E-state index is -0.720. The van der Waals surface area contributed by atoms with Gasteiger partial charge in [0, 0.05) is 13.1 Å². The third-order valence-electron chi connectivity index (χ3n) is 5.13. The maximum atomic E-state index is 12.6. The van der Waals surface area contributed by atoms with Crippen LogP contribution in [0.4, 0.5) is 0 Å². The number of carbonyl (C=O) groups excluding carboxylic acids is 1. The normalized spacial score (nSPS) is 23.0. The third-order valence-corrected chi connectivity index (χ3v) is 5.93. The molecule has 3 rings (SSSR count). The van der Waals surface area contributed by atoms with Crippen molar-refractivity contribution in [3.8, 4) is 5.75 Å². The van der Waals surface area contributed by atoms with Crippen molar-refractivity contribution < 1.29 is 19.4 Å². The summed E-state index contributed by atoms with van der Waals surface area (Å²) in [6, 6.07) is 5.04. The molecule has 1 heterocycles. The summed E-state index contributed by atoms with van der Waals surface area (Å²) in [4.78, 5) is 25.4. The number of likely N-dealkylation sites (tertiary alicyclic amines) is 1. The number of halogens is 2. The van der Waals surface area contributed by atoms with Crippen molar-refractivity contribution >= 4 is 35.1 Å². The van der Waals surface area contributed by atoms with Crippen LogP contribution in [0, 0.1) is 11.3 Å². The van der Waals surface area contributed by atoms with Gasteiger partial charge in [-0.05, 0) is 43.7 Å². The maximum absolute atomic E-state index is 12.6. The fourth-order valence-corrected chi connectivity index (χ4v) is 3.83. The van der Waals surface area contributed by atoms with Crippen LogP contribution in [0.5, 0.6) is 5.75 Å². The van der Waals surface area contributed by atoms with Crippen LogP contribution in [0.1, 0.15) is 26.2 Å². The molecule has 1 aliphatic carbocycles. The molecule has 1 spiro atoms. The van der Waals surface area contributed by atoms with Crippen molar-refractivity contribution in [3.63, 3.8) is 0 Å². The molecular formula is C17H19Cl2NO4. The van der Waals surface area contributed by atoms with E-state index in [2.05, 4.69) is 0 Å². The summed E-state index contributed by atoms with van der Waals surface area (Å²) in [6.45, 7) is 2.82. The molecule has 1 saturated heterocycles. The molecule has 2 unspecified atom stereocenters. The summed E-state index contributed by atoms with van der Waals surface area (Å²) in [7, 11) is 0. The minimum Gasteiger partial charge on any atom is -0.481 e. The molecule has 2 aliphatic rings. The highest BCUT2D eigenvalue weighted by atomic mass is 35.5. The van der Waals surface area contributed by atoms with Gasteiger partial charge in [-0.2, -0.15) is 0 Å². The molecule has 2 atom stereocenters. The smallest absolute Gasteiger partial charge is 0.307 e. The standard InChI is InChI=1S/C17H19Cl2NO4/c1-10(24-13-4-2-3-12(18)14(13)19)15(21)20-7-5-17(6-8-20)9-11(17)16(22)23/h2-4,10-11H,5-9H2,1H3,(H,22,23). The Bertz CT molecular complexity index is 671. The SMILES string of the molecule is CC(Oc1cccc(Cl)c1Cl)C(=O)N1CCC2(CC1)CC2C(=O)O. The van der Waals surface area contributed by atoms with Crippen LogP contribution in [0.3, 0.4) is 0 Å². The molecule has 1 aromatic carbocycles. The Morgan fingerprint density at radius 3 is 2.58 bits per heavy atom. The van der Waals surface area contributed by atoms with Crippen molar-refractivity contribution in [3.05, 3.63) is 28.2 Å². The van der Waals surface area contributed by atoms with Crippen molar-refractivity contribution in [1.82, 2.24) is 4.90 Å². The van der Waals surface area contributed by atoms with Crippen LogP contribution in [-0.4, -0.2) is 41.1 Å². The number of hydrogen-bond donors (Lipinski definition) is 1. The van der Waals surface area contributed by atoms with Crippen LogP contribution in [0.2, 0.25) is 10.0 Å². The van der Waals surface area contributed by atoms with Gasteiger partial charge in [-0.3, -0.25) is 9.59 Å². The van der Waals surface area contributed by atoms with Gasteiger partial charge in [0.1, 0.15) is 10.8 Å². The van der Waals surface area contributed by atoms with E-state index in [0.717, 1.165) is 19.3 Å². The van der Waals surface area contributed by atoms with Crippen molar-refractivity contribution in [2.24, 2.45) is 11.3 Å². The molecule has 1 aromatic rings. The molecule has 0 bridgehead atoms. The highest BCUT2D eigenvalue weighted by molar-refractivity contribution is 6.42. The molecule has 24 heavy (non-hydrogen) atoms. The number of benzene rings is 1. The molecule has 0 radical (unpaired) electrons. The number of carbonyl (C=O) groups is 2. The number of rotatable bonds is 4. The quantitative estimate of drug-likeness (QED) is 0.879. The molecule has 7 heteroatoms. The van der Waals surface area contributed by atoms with E-state index in [1.54, 1.807) is 30.0 Å². The maximum Gasteiger partial charge on any atom is 0.307 e.